The zero-order valence-electron chi connectivity index (χ0n) is 17.7. The maximum Gasteiger partial charge on any atom is 0.344 e. The molecule has 0 aliphatic heterocycles. The van der Waals surface area contributed by atoms with Gasteiger partial charge in [-0.05, 0) is 65.8 Å². The van der Waals surface area contributed by atoms with E-state index in [0.29, 0.717) is 29.2 Å². The van der Waals surface area contributed by atoms with Crippen LogP contribution in [-0.4, -0.2) is 28.0 Å². The number of carbonyl (C=O) groups is 1. The summed E-state index contributed by atoms with van der Waals surface area (Å²) >= 11 is 5.94. The fourth-order valence-corrected chi connectivity index (χ4v) is 4.23. The van der Waals surface area contributed by atoms with Crippen LogP contribution in [0.4, 0.5) is 8.78 Å². The molecule has 1 saturated carbocycles. The van der Waals surface area contributed by atoms with Gasteiger partial charge in [-0.2, -0.15) is 0 Å². The fraction of sp³-hybridized carbons (Fsp3) is 0.269. The highest BCUT2D eigenvalue weighted by molar-refractivity contribution is 6.30. The van der Waals surface area contributed by atoms with Crippen LogP contribution in [0.25, 0.3) is 0 Å². The molecule has 172 valence electrons. The van der Waals surface area contributed by atoms with Crippen molar-refractivity contribution in [1.82, 2.24) is 0 Å². The molecule has 4 rings (SSSR count). The van der Waals surface area contributed by atoms with Crippen molar-refractivity contribution in [2.75, 3.05) is 0 Å². The monoisotopic (exact) mass is 472 g/mol. The van der Waals surface area contributed by atoms with Crippen LogP contribution < -0.4 is 4.74 Å². The van der Waals surface area contributed by atoms with Gasteiger partial charge in [0, 0.05) is 17.9 Å². The van der Waals surface area contributed by atoms with Crippen molar-refractivity contribution in [1.29, 1.82) is 0 Å². The molecule has 1 fully saturated rings. The van der Waals surface area contributed by atoms with Gasteiger partial charge in [0.1, 0.15) is 11.9 Å². The summed E-state index contributed by atoms with van der Waals surface area (Å²) in [7, 11) is 0. The Morgan fingerprint density at radius 2 is 1.76 bits per heavy atom. The van der Waals surface area contributed by atoms with Gasteiger partial charge >= 0.3 is 5.97 Å². The number of hydrogen-bond donors (Lipinski definition) is 2. The molecule has 3 aromatic carbocycles. The van der Waals surface area contributed by atoms with E-state index in [1.54, 1.807) is 54.6 Å². The molecule has 0 saturated heterocycles. The maximum absolute atomic E-state index is 15.8. The quantitative estimate of drug-likeness (QED) is 0.395. The molecule has 1 aliphatic rings. The van der Waals surface area contributed by atoms with E-state index < -0.39 is 29.0 Å². The van der Waals surface area contributed by atoms with Gasteiger partial charge in [-0.25, -0.2) is 13.6 Å². The topological polar surface area (TPSA) is 66.8 Å². The zero-order chi connectivity index (χ0) is 23.6. The third kappa shape index (κ3) is 5.02. The summed E-state index contributed by atoms with van der Waals surface area (Å²) in [6, 6.07) is 19.3. The smallest absolute Gasteiger partial charge is 0.344 e. The molecule has 2 atom stereocenters. The maximum atomic E-state index is 15.8. The Morgan fingerprint density at radius 1 is 1.09 bits per heavy atom. The standard InChI is InChI=1S/C26H23ClF2O4/c27-19-9-7-18(8-10-19)25(12-13-25)16-26(29,24(31)32)23(30)15-17-6-11-21(28)22(14-17)33-20-4-2-1-3-5-20/h1-11,14,23,30H,12-13,15-16H2,(H,31,32)/t23-,26+/m0/s1. The van der Waals surface area contributed by atoms with Crippen LogP contribution >= 0.6 is 11.6 Å². The minimum atomic E-state index is -2.88. The van der Waals surface area contributed by atoms with Crippen LogP contribution in [0.15, 0.2) is 72.8 Å². The Bertz CT molecular complexity index is 1130. The van der Waals surface area contributed by atoms with Gasteiger partial charge in [-0.1, -0.05) is 48.0 Å². The Hall–Kier alpha value is -2.96. The molecule has 0 amide bonds. The minimum Gasteiger partial charge on any atom is -0.479 e. The third-order valence-corrected chi connectivity index (χ3v) is 6.44. The second-order valence-electron chi connectivity index (χ2n) is 8.53. The van der Waals surface area contributed by atoms with Crippen molar-refractivity contribution in [2.45, 2.75) is 42.9 Å². The first-order valence-electron chi connectivity index (χ1n) is 10.6. The molecule has 0 radical (unpaired) electrons. The number of aliphatic carboxylic acids is 1. The van der Waals surface area contributed by atoms with Gasteiger partial charge in [0.15, 0.2) is 11.6 Å². The Morgan fingerprint density at radius 3 is 2.36 bits per heavy atom. The first-order valence-corrected chi connectivity index (χ1v) is 11.0. The Balaban J connectivity index is 1.54. The lowest BCUT2D eigenvalue weighted by Crippen LogP contribution is -2.49. The second kappa shape index (κ2) is 9.12. The molecule has 0 aromatic heterocycles. The van der Waals surface area contributed by atoms with Gasteiger partial charge in [0.05, 0.1) is 0 Å². The molecule has 3 aromatic rings. The molecule has 4 nitrogen and oxygen atoms in total. The van der Waals surface area contributed by atoms with Crippen molar-refractivity contribution >= 4 is 17.6 Å². The van der Waals surface area contributed by atoms with E-state index >= 15 is 4.39 Å². The second-order valence-corrected chi connectivity index (χ2v) is 8.97. The number of ether oxygens (including phenoxy) is 1. The van der Waals surface area contributed by atoms with E-state index in [1.165, 1.54) is 12.1 Å². The number of halogens is 3. The van der Waals surface area contributed by atoms with E-state index in [1.807, 2.05) is 0 Å². The largest absolute Gasteiger partial charge is 0.479 e. The number of para-hydroxylation sites is 1. The average Bonchev–Trinajstić information content (AvgIpc) is 3.57. The Kier molecular flexibility index (Phi) is 6.41. The number of aliphatic hydroxyl groups excluding tert-OH is 1. The highest BCUT2D eigenvalue weighted by atomic mass is 35.5. The average molecular weight is 473 g/mol. The molecule has 7 heteroatoms. The van der Waals surface area contributed by atoms with Gasteiger partial charge in [0.25, 0.3) is 0 Å². The van der Waals surface area contributed by atoms with Crippen molar-refractivity contribution < 1.29 is 28.5 Å². The van der Waals surface area contributed by atoms with Crippen LogP contribution in [0.3, 0.4) is 0 Å². The summed E-state index contributed by atoms with van der Waals surface area (Å²) in [5, 5.41) is 21.0. The first-order chi connectivity index (χ1) is 15.7. The minimum absolute atomic E-state index is 0.0921. The third-order valence-electron chi connectivity index (χ3n) is 6.19. The van der Waals surface area contributed by atoms with Crippen molar-refractivity contribution in [3.8, 4) is 11.5 Å². The molecule has 0 heterocycles. The molecule has 1 aliphatic carbocycles. The molecule has 33 heavy (non-hydrogen) atoms. The summed E-state index contributed by atoms with van der Waals surface area (Å²) < 4.78 is 35.6. The normalized spacial score (nSPS) is 17.1. The van der Waals surface area contributed by atoms with Crippen LogP contribution in [-0.2, 0) is 16.6 Å². The van der Waals surface area contributed by atoms with Crippen LogP contribution in [0.5, 0.6) is 11.5 Å². The van der Waals surface area contributed by atoms with Crippen molar-refractivity contribution in [3.05, 3.63) is 94.8 Å². The highest BCUT2D eigenvalue weighted by Gasteiger charge is 2.57. The van der Waals surface area contributed by atoms with E-state index in [2.05, 4.69) is 0 Å². The van der Waals surface area contributed by atoms with Crippen LogP contribution in [0, 0.1) is 5.82 Å². The van der Waals surface area contributed by atoms with Crippen LogP contribution in [0.1, 0.15) is 30.4 Å². The van der Waals surface area contributed by atoms with Gasteiger partial charge < -0.3 is 14.9 Å². The number of rotatable bonds is 9. The number of carboxylic acids is 1. The molecule has 0 bridgehead atoms. The van der Waals surface area contributed by atoms with Gasteiger partial charge in [-0.15, -0.1) is 0 Å². The summed E-state index contributed by atoms with van der Waals surface area (Å²) in [6.45, 7) is 0. The number of carboxylic acid groups (broad SMARTS) is 1. The van der Waals surface area contributed by atoms with E-state index in [9.17, 15) is 19.4 Å². The predicted octanol–water partition coefficient (Wildman–Crippen LogP) is 6.09. The summed E-state index contributed by atoms with van der Waals surface area (Å²) in [4.78, 5) is 12.0. The number of aliphatic hydroxyl groups is 1. The lowest BCUT2D eigenvalue weighted by molar-refractivity contribution is -0.161. The lowest BCUT2D eigenvalue weighted by atomic mass is 9.80. The van der Waals surface area contributed by atoms with Gasteiger partial charge in [-0.3, -0.25) is 0 Å². The zero-order valence-corrected chi connectivity index (χ0v) is 18.4. The van der Waals surface area contributed by atoms with E-state index in [-0.39, 0.29) is 18.6 Å². The molecule has 2 N–H and O–H groups in total. The summed E-state index contributed by atoms with van der Waals surface area (Å²) in [5.41, 5.74) is -2.40. The highest BCUT2D eigenvalue weighted by Crippen LogP contribution is 2.55. The van der Waals surface area contributed by atoms with Crippen molar-refractivity contribution in [3.63, 3.8) is 0 Å². The van der Waals surface area contributed by atoms with E-state index in [0.717, 1.165) is 11.6 Å². The lowest BCUT2D eigenvalue weighted by Gasteiger charge is -2.31. The molecular formula is C26H23ClF2O4. The van der Waals surface area contributed by atoms with Gasteiger partial charge in [0.2, 0.25) is 5.67 Å². The molecular weight excluding hydrogens is 450 g/mol. The summed E-state index contributed by atoms with van der Waals surface area (Å²) in [6.07, 6.45) is -1.29. The number of hydrogen-bond acceptors (Lipinski definition) is 3. The summed E-state index contributed by atoms with van der Waals surface area (Å²) in [5.74, 6) is -2.02. The first kappa shape index (κ1) is 23.2. The Labute approximate surface area is 195 Å². The van der Waals surface area contributed by atoms with E-state index in [4.69, 9.17) is 16.3 Å². The number of alkyl halides is 1. The number of benzene rings is 3. The van der Waals surface area contributed by atoms with Crippen molar-refractivity contribution in [2.24, 2.45) is 0 Å². The fourth-order valence-electron chi connectivity index (χ4n) is 4.10. The SMILES string of the molecule is O=C(O)[C@@](F)(CC1(c2ccc(Cl)cc2)CC1)[C@@H](O)Cc1ccc(F)c(Oc2ccccc2)c1. The predicted molar refractivity (Wildman–Crippen MR) is 121 cm³/mol. The van der Waals surface area contributed by atoms with Crippen LogP contribution in [0.2, 0.25) is 5.02 Å². The molecule has 0 spiro atoms. The molecule has 0 unspecified atom stereocenters.